The van der Waals surface area contributed by atoms with E-state index < -0.39 is 5.41 Å². The van der Waals surface area contributed by atoms with Crippen molar-refractivity contribution in [2.24, 2.45) is 11.8 Å². The van der Waals surface area contributed by atoms with Gasteiger partial charge in [0, 0.05) is 29.6 Å². The molecule has 0 bridgehead atoms. The van der Waals surface area contributed by atoms with E-state index in [9.17, 15) is 9.59 Å². The molecule has 5 nitrogen and oxygen atoms in total. The summed E-state index contributed by atoms with van der Waals surface area (Å²) in [5.41, 5.74) is 3.25. The highest BCUT2D eigenvalue weighted by Crippen LogP contribution is 2.42. The third-order valence-corrected chi connectivity index (χ3v) is 7.84. The van der Waals surface area contributed by atoms with Crippen molar-refractivity contribution in [3.8, 4) is 11.3 Å². The Morgan fingerprint density at radius 3 is 2.71 bits per heavy atom. The number of benzene rings is 1. The zero-order valence-corrected chi connectivity index (χ0v) is 19.8. The normalized spacial score (nSPS) is 22.5. The van der Waals surface area contributed by atoms with Gasteiger partial charge in [-0.25, -0.2) is 4.98 Å². The van der Waals surface area contributed by atoms with E-state index in [1.165, 1.54) is 43.4 Å². The molecule has 1 aliphatic heterocycles. The number of nitrogens with zero attached hydrogens (tertiary/aromatic N) is 2. The molecule has 1 aromatic heterocycles. The van der Waals surface area contributed by atoms with Crippen LogP contribution in [0.15, 0.2) is 23.6 Å². The molecule has 2 aromatic rings. The van der Waals surface area contributed by atoms with Gasteiger partial charge >= 0.3 is 0 Å². The molecular weight excluding hydrogens is 406 g/mol. The van der Waals surface area contributed by atoms with Crippen LogP contribution in [0.4, 0.5) is 10.8 Å². The molecule has 1 aromatic carbocycles. The van der Waals surface area contributed by atoms with Gasteiger partial charge in [-0.1, -0.05) is 32.3 Å². The van der Waals surface area contributed by atoms with Crippen molar-refractivity contribution in [1.82, 2.24) is 4.98 Å². The molecule has 0 radical (unpaired) electrons. The molecule has 0 atom stereocenters. The van der Waals surface area contributed by atoms with E-state index in [1.54, 1.807) is 4.90 Å². The monoisotopic (exact) mass is 439 g/mol. The van der Waals surface area contributed by atoms with Crippen LogP contribution in [0.5, 0.6) is 0 Å². The second-order valence-electron chi connectivity index (χ2n) is 9.61. The lowest BCUT2D eigenvalue weighted by molar-refractivity contribution is -0.122. The summed E-state index contributed by atoms with van der Waals surface area (Å²) in [7, 11) is 1.82. The average Bonchev–Trinajstić information content (AvgIpc) is 3.30. The lowest BCUT2D eigenvalue weighted by Gasteiger charge is -2.27. The topological polar surface area (TPSA) is 62.3 Å². The Morgan fingerprint density at radius 1 is 1.26 bits per heavy atom. The van der Waals surface area contributed by atoms with Gasteiger partial charge in [-0.2, -0.15) is 0 Å². The van der Waals surface area contributed by atoms with E-state index in [0.717, 1.165) is 41.3 Å². The number of carbonyl (C=O) groups excluding carboxylic acids is 2. The number of thiazole rings is 1. The smallest absolute Gasteiger partial charge is 0.236 e. The minimum Gasteiger partial charge on any atom is -0.314 e. The van der Waals surface area contributed by atoms with Gasteiger partial charge in [0.05, 0.1) is 11.1 Å². The second kappa shape index (κ2) is 8.73. The summed E-state index contributed by atoms with van der Waals surface area (Å²) in [6.07, 6.45) is 8.16. The summed E-state index contributed by atoms with van der Waals surface area (Å²) in [5, 5.41) is 5.68. The summed E-state index contributed by atoms with van der Waals surface area (Å²) in [6.45, 7) is 6.17. The number of fused-ring (bicyclic) bond motifs is 1. The zero-order valence-electron chi connectivity index (χ0n) is 19.0. The van der Waals surface area contributed by atoms with Crippen molar-refractivity contribution in [2.45, 2.75) is 71.1 Å². The third kappa shape index (κ3) is 4.27. The Kier molecular flexibility index (Phi) is 6.20. The van der Waals surface area contributed by atoms with Crippen LogP contribution in [0.3, 0.4) is 0 Å². The van der Waals surface area contributed by atoms with E-state index in [-0.39, 0.29) is 17.7 Å². The molecule has 0 saturated heterocycles. The van der Waals surface area contributed by atoms with Crippen LogP contribution >= 0.6 is 11.3 Å². The maximum absolute atomic E-state index is 12.8. The predicted octanol–water partition coefficient (Wildman–Crippen LogP) is 6.00. The Balaban J connectivity index is 1.41. The van der Waals surface area contributed by atoms with Gasteiger partial charge < -0.3 is 10.2 Å². The lowest BCUT2D eigenvalue weighted by atomic mass is 9.79. The van der Waals surface area contributed by atoms with E-state index in [0.29, 0.717) is 5.13 Å². The molecule has 6 heteroatoms. The van der Waals surface area contributed by atoms with Crippen molar-refractivity contribution >= 4 is 34.0 Å². The molecular formula is C25H33N3O2S. The van der Waals surface area contributed by atoms with Crippen LogP contribution in [0.1, 0.15) is 71.3 Å². The summed E-state index contributed by atoms with van der Waals surface area (Å²) in [5.74, 6) is 1.12. The fraction of sp³-hybridized carbons (Fsp3) is 0.560. The highest BCUT2D eigenvalue weighted by molar-refractivity contribution is 7.14. The van der Waals surface area contributed by atoms with Crippen LogP contribution in [0, 0.1) is 11.8 Å². The molecule has 1 fully saturated rings. The van der Waals surface area contributed by atoms with Crippen LogP contribution in [-0.4, -0.2) is 23.8 Å². The number of rotatable bonds is 6. The summed E-state index contributed by atoms with van der Waals surface area (Å²) in [4.78, 5) is 31.7. The highest BCUT2D eigenvalue weighted by atomic mass is 32.1. The standard InChI is InChI=1S/C25H33N3O2S/c1-5-6-7-16-8-10-17(11-9-16)22(29)27-24-26-20(15-31-24)18-12-13-21-19(14-18)25(2,3)23(30)28(21)4/h12-17H,5-11H2,1-4H3,(H,26,27,29). The van der Waals surface area contributed by atoms with Crippen LogP contribution in [-0.2, 0) is 15.0 Å². The van der Waals surface area contributed by atoms with Crippen molar-refractivity contribution < 1.29 is 9.59 Å². The first kappa shape index (κ1) is 22.0. The van der Waals surface area contributed by atoms with Gasteiger partial charge in [0.25, 0.3) is 0 Å². The van der Waals surface area contributed by atoms with Gasteiger partial charge in [-0.05, 0) is 63.1 Å². The van der Waals surface area contributed by atoms with E-state index >= 15 is 0 Å². The SMILES string of the molecule is CCCCC1CCC(C(=O)Nc2nc(-c3ccc4c(c3)C(C)(C)C(=O)N4C)cs2)CC1. The first-order chi connectivity index (χ1) is 14.8. The fourth-order valence-electron chi connectivity index (χ4n) is 5.01. The molecule has 0 unspecified atom stereocenters. The zero-order chi connectivity index (χ0) is 22.2. The van der Waals surface area contributed by atoms with E-state index in [2.05, 4.69) is 23.3 Å². The van der Waals surface area contributed by atoms with Crippen molar-refractivity contribution in [3.63, 3.8) is 0 Å². The van der Waals surface area contributed by atoms with Crippen molar-refractivity contribution in [2.75, 3.05) is 17.3 Å². The van der Waals surface area contributed by atoms with Crippen LogP contribution in [0.25, 0.3) is 11.3 Å². The Morgan fingerprint density at radius 2 is 2.00 bits per heavy atom. The van der Waals surface area contributed by atoms with Crippen LogP contribution < -0.4 is 10.2 Å². The molecule has 1 N–H and O–H groups in total. The second-order valence-corrected chi connectivity index (χ2v) is 10.5. The maximum Gasteiger partial charge on any atom is 0.236 e. The Bertz CT molecular complexity index is 973. The number of hydrogen-bond acceptors (Lipinski definition) is 4. The van der Waals surface area contributed by atoms with Gasteiger partial charge in [0.1, 0.15) is 0 Å². The first-order valence-corrected chi connectivity index (χ1v) is 12.4. The number of carbonyl (C=O) groups is 2. The van der Waals surface area contributed by atoms with Crippen molar-refractivity contribution in [3.05, 3.63) is 29.1 Å². The Hall–Kier alpha value is -2.21. The van der Waals surface area contributed by atoms with Crippen LogP contribution in [0.2, 0.25) is 0 Å². The molecule has 1 saturated carbocycles. The molecule has 166 valence electrons. The average molecular weight is 440 g/mol. The lowest BCUT2D eigenvalue weighted by Crippen LogP contribution is -2.33. The minimum atomic E-state index is -0.539. The van der Waals surface area contributed by atoms with Gasteiger partial charge in [0.15, 0.2) is 5.13 Å². The molecule has 2 heterocycles. The first-order valence-electron chi connectivity index (χ1n) is 11.5. The minimum absolute atomic E-state index is 0.104. The number of nitrogens with one attached hydrogen (secondary N) is 1. The van der Waals surface area contributed by atoms with Crippen molar-refractivity contribution in [1.29, 1.82) is 0 Å². The van der Waals surface area contributed by atoms with Gasteiger partial charge in [0.2, 0.25) is 11.8 Å². The number of hydrogen-bond donors (Lipinski definition) is 1. The highest BCUT2D eigenvalue weighted by Gasteiger charge is 2.42. The Labute approximate surface area is 189 Å². The third-order valence-electron chi connectivity index (χ3n) is 7.08. The summed E-state index contributed by atoms with van der Waals surface area (Å²) < 4.78 is 0. The molecule has 2 amide bonds. The van der Waals surface area contributed by atoms with E-state index in [1.807, 2.05) is 38.4 Å². The fourth-order valence-corrected chi connectivity index (χ4v) is 5.73. The van der Waals surface area contributed by atoms with Gasteiger partial charge in [-0.3, -0.25) is 9.59 Å². The van der Waals surface area contributed by atoms with E-state index in [4.69, 9.17) is 0 Å². The molecule has 1 aliphatic carbocycles. The number of amides is 2. The number of unbranched alkanes of at least 4 members (excludes halogenated alkanes) is 1. The summed E-state index contributed by atoms with van der Waals surface area (Å²) >= 11 is 1.46. The molecule has 4 rings (SSSR count). The largest absolute Gasteiger partial charge is 0.314 e. The number of likely N-dealkylation sites (N-methyl/N-ethyl adjacent to an activating group) is 1. The quantitative estimate of drug-likeness (QED) is 0.600. The van der Waals surface area contributed by atoms with Gasteiger partial charge in [-0.15, -0.1) is 11.3 Å². The summed E-state index contributed by atoms with van der Waals surface area (Å²) in [6, 6.07) is 6.06. The molecule has 2 aliphatic rings. The number of anilines is 2. The molecule has 0 spiro atoms. The predicted molar refractivity (Wildman–Crippen MR) is 128 cm³/mol. The maximum atomic E-state index is 12.8. The molecule has 31 heavy (non-hydrogen) atoms. The number of aromatic nitrogens is 1.